The smallest absolute Gasteiger partial charge is 0.341 e. The van der Waals surface area contributed by atoms with Crippen LogP contribution in [0.15, 0.2) is 12.1 Å². The van der Waals surface area contributed by atoms with Crippen LogP contribution < -0.4 is 0 Å². The molecule has 0 aliphatic carbocycles. The first-order chi connectivity index (χ1) is 15.9. The lowest BCUT2D eigenvalue weighted by Gasteiger charge is -2.09. The third kappa shape index (κ3) is 12.5. The molecular weight excluding hydrogens is 535 g/mol. The highest BCUT2D eigenvalue weighted by molar-refractivity contribution is 14.2. The van der Waals surface area contributed by atoms with Gasteiger partial charge in [-0.2, -0.15) is 0 Å². The Morgan fingerprint density at radius 2 is 1.03 bits per heavy atom. The lowest BCUT2D eigenvalue weighted by Crippen LogP contribution is -2.09. The van der Waals surface area contributed by atoms with E-state index in [0.717, 1.165) is 31.7 Å². The maximum atomic E-state index is 11.5. The van der Waals surface area contributed by atoms with Crippen LogP contribution in [0.2, 0.25) is 0 Å². The van der Waals surface area contributed by atoms with Crippen LogP contribution in [-0.2, 0) is 12.6 Å². The highest BCUT2D eigenvalue weighted by Crippen LogP contribution is 2.27. The van der Waals surface area contributed by atoms with Gasteiger partial charge in [0.05, 0.1) is 14.7 Å². The summed E-state index contributed by atoms with van der Waals surface area (Å²) >= 11 is -4.10. The molecule has 188 valence electrons. The summed E-state index contributed by atoms with van der Waals surface area (Å²) in [5.74, 6) is -2.57. The Kier molecular flexibility index (Phi) is 16.0. The largest absolute Gasteiger partial charge is 0.478 e. The highest BCUT2D eigenvalue weighted by Gasteiger charge is 2.21. The second kappa shape index (κ2) is 17.9. The predicted molar refractivity (Wildman–Crippen MR) is 138 cm³/mol. The molecule has 0 bridgehead atoms. The summed E-state index contributed by atoms with van der Waals surface area (Å²) in [5, 5.41) is 18.7. The molecule has 0 aromatic heterocycles. The van der Waals surface area contributed by atoms with Gasteiger partial charge in [-0.05, 0) is 30.5 Å². The highest BCUT2D eigenvalue weighted by atomic mass is 127. The molecule has 1 rings (SSSR count). The number of hydrogen-bond acceptors (Lipinski definition) is 4. The SMILES string of the molecule is CCCCCCCCCCCCCCCCCCc1cc(C(=O)O)c(I(=O)=O)cc1C(=O)O. The summed E-state index contributed by atoms with van der Waals surface area (Å²) in [7, 11) is 0. The molecule has 0 radical (unpaired) electrons. The molecule has 0 heterocycles. The number of hydrogen-bond donors (Lipinski definition) is 2. The third-order valence-corrected chi connectivity index (χ3v) is 7.96. The Morgan fingerprint density at radius 3 is 1.39 bits per heavy atom. The molecule has 0 fully saturated rings. The molecule has 0 aliphatic rings. The molecule has 7 heteroatoms. The second-order valence-electron chi connectivity index (χ2n) is 8.87. The molecule has 2 N–H and O–H groups in total. The summed E-state index contributed by atoms with van der Waals surface area (Å²) in [6.45, 7) is 2.25. The van der Waals surface area contributed by atoms with Crippen molar-refractivity contribution in [3.05, 3.63) is 32.4 Å². The van der Waals surface area contributed by atoms with Crippen LogP contribution >= 0.6 is 19.8 Å². The van der Waals surface area contributed by atoms with Gasteiger partial charge in [0.25, 0.3) is 0 Å². The predicted octanol–water partition coefficient (Wildman–Crippen LogP) is 8.25. The number of benzene rings is 1. The topological polar surface area (TPSA) is 109 Å². The van der Waals surface area contributed by atoms with Crippen LogP contribution in [0.3, 0.4) is 0 Å². The minimum atomic E-state index is -4.10. The summed E-state index contributed by atoms with van der Waals surface area (Å²) < 4.78 is 22.4. The molecule has 0 aliphatic heterocycles. The summed E-state index contributed by atoms with van der Waals surface area (Å²) in [6, 6.07) is 2.24. The van der Waals surface area contributed by atoms with E-state index in [9.17, 15) is 25.9 Å². The van der Waals surface area contributed by atoms with Crippen molar-refractivity contribution in [2.45, 2.75) is 116 Å². The quantitative estimate of drug-likeness (QED) is 0.120. The maximum Gasteiger partial charge on any atom is 0.341 e. The van der Waals surface area contributed by atoms with E-state index in [1.807, 2.05) is 0 Å². The zero-order chi connectivity index (χ0) is 24.5. The van der Waals surface area contributed by atoms with Crippen LogP contribution in [0.4, 0.5) is 0 Å². The number of unbranched alkanes of at least 4 members (excludes halogenated alkanes) is 15. The van der Waals surface area contributed by atoms with Crippen molar-refractivity contribution in [2.75, 3.05) is 0 Å². The molecule has 33 heavy (non-hydrogen) atoms. The van der Waals surface area contributed by atoms with Gasteiger partial charge in [-0.15, -0.1) is 0 Å². The zero-order valence-electron chi connectivity index (χ0n) is 20.1. The van der Waals surface area contributed by atoms with Gasteiger partial charge in [-0.1, -0.05) is 103 Å². The van der Waals surface area contributed by atoms with Crippen LogP contribution in [0.1, 0.15) is 136 Å². The molecule has 0 amide bonds. The number of carbonyl (C=O) groups is 2. The van der Waals surface area contributed by atoms with E-state index in [1.54, 1.807) is 0 Å². The van der Waals surface area contributed by atoms with Gasteiger partial charge in [0.2, 0.25) is 0 Å². The monoisotopic (exact) mass is 576 g/mol. The fourth-order valence-corrected chi connectivity index (χ4v) is 5.61. The Bertz CT molecular complexity index is 792. The standard InChI is InChI=1S/C26H41IO6/c1-2-3-4-5-6-7-8-9-10-11-12-13-14-15-16-17-18-21-19-23(26(30)31)24(27(32)33)20-22(21)25(28)29/h19-20H,2-18H2,1H3,(H,28,29)(H,30,31). The Balaban J connectivity index is 2.21. The first-order valence-corrected chi connectivity index (χ1v) is 15.4. The number of carboxylic acid groups (broad SMARTS) is 2. The minimum absolute atomic E-state index is 0.107. The van der Waals surface area contributed by atoms with Crippen LogP contribution in [0.25, 0.3) is 0 Å². The molecule has 1 aromatic rings. The molecule has 6 nitrogen and oxygen atoms in total. The van der Waals surface area contributed by atoms with Gasteiger partial charge in [0.15, 0.2) is 0 Å². The van der Waals surface area contributed by atoms with E-state index in [4.69, 9.17) is 0 Å². The average Bonchev–Trinajstić information content (AvgIpc) is 2.77. The van der Waals surface area contributed by atoms with Gasteiger partial charge in [-0.3, -0.25) is 0 Å². The van der Waals surface area contributed by atoms with E-state index in [2.05, 4.69) is 6.92 Å². The van der Waals surface area contributed by atoms with E-state index in [-0.39, 0.29) is 14.7 Å². The van der Waals surface area contributed by atoms with Crippen molar-refractivity contribution in [1.82, 2.24) is 0 Å². The van der Waals surface area contributed by atoms with Gasteiger partial charge in [0.1, 0.15) is 0 Å². The summed E-state index contributed by atoms with van der Waals surface area (Å²) in [5.41, 5.74) is -0.0293. The number of aryl methyl sites for hydroxylation is 1. The average molecular weight is 577 g/mol. The number of aromatic carboxylic acids is 2. The normalized spacial score (nSPS) is 11.2. The van der Waals surface area contributed by atoms with Gasteiger partial charge >= 0.3 is 31.7 Å². The summed E-state index contributed by atoms with van der Waals surface area (Å²) in [4.78, 5) is 22.9. The maximum absolute atomic E-state index is 11.5. The molecule has 0 spiro atoms. The van der Waals surface area contributed by atoms with Crippen LogP contribution in [0, 0.1) is 3.57 Å². The van der Waals surface area contributed by atoms with Crippen LogP contribution in [0.5, 0.6) is 0 Å². The molecular formula is C26H41IO6. The fourth-order valence-electron chi connectivity index (χ4n) is 4.18. The lowest BCUT2D eigenvalue weighted by atomic mass is 9.98. The van der Waals surface area contributed by atoms with Crippen molar-refractivity contribution in [2.24, 2.45) is 0 Å². The first kappa shape index (κ1) is 29.5. The van der Waals surface area contributed by atoms with E-state index < -0.39 is 31.7 Å². The Hall–Kier alpha value is -1.51. The van der Waals surface area contributed by atoms with Crippen molar-refractivity contribution in [1.29, 1.82) is 0 Å². The van der Waals surface area contributed by atoms with E-state index in [0.29, 0.717) is 12.0 Å². The molecule has 0 saturated carbocycles. The van der Waals surface area contributed by atoms with Crippen molar-refractivity contribution >= 4 is 31.7 Å². The molecule has 0 saturated heterocycles. The number of rotatable bonds is 20. The second-order valence-corrected chi connectivity index (χ2v) is 11.3. The van der Waals surface area contributed by atoms with Gasteiger partial charge < -0.3 is 10.2 Å². The molecule has 0 unspecified atom stereocenters. The minimum Gasteiger partial charge on any atom is -0.478 e. The Morgan fingerprint density at radius 1 is 0.636 bits per heavy atom. The number of carboxylic acids is 2. The third-order valence-electron chi connectivity index (χ3n) is 6.12. The summed E-state index contributed by atoms with van der Waals surface area (Å²) in [6.07, 6.45) is 20.4. The van der Waals surface area contributed by atoms with Gasteiger partial charge in [-0.25, -0.2) is 15.7 Å². The molecule has 0 atom stereocenters. The lowest BCUT2D eigenvalue weighted by molar-refractivity contribution is 0.0679. The molecule has 1 aromatic carbocycles. The van der Waals surface area contributed by atoms with E-state index in [1.165, 1.54) is 83.1 Å². The van der Waals surface area contributed by atoms with Crippen molar-refractivity contribution < 1.29 is 25.9 Å². The van der Waals surface area contributed by atoms with Gasteiger partial charge in [0, 0.05) is 0 Å². The number of halogens is 1. The van der Waals surface area contributed by atoms with Crippen LogP contribution in [-0.4, -0.2) is 22.2 Å². The Labute approximate surface area is 205 Å². The zero-order valence-corrected chi connectivity index (χ0v) is 22.2. The van der Waals surface area contributed by atoms with Crippen molar-refractivity contribution in [3.8, 4) is 0 Å². The first-order valence-electron chi connectivity index (χ1n) is 12.6. The van der Waals surface area contributed by atoms with E-state index >= 15 is 0 Å². The van der Waals surface area contributed by atoms with Crippen molar-refractivity contribution in [3.63, 3.8) is 0 Å². The fraction of sp³-hybridized carbons (Fsp3) is 0.692.